The number of rotatable bonds is 4. The van der Waals surface area contributed by atoms with Crippen LogP contribution in [0.3, 0.4) is 0 Å². The molecule has 3 aromatic rings. The molecule has 0 saturated carbocycles. The number of nitrogen functional groups attached to an aromatic ring is 1. The summed E-state index contributed by atoms with van der Waals surface area (Å²) in [4.78, 5) is 4.35. The molecule has 0 aliphatic heterocycles. The average molecular weight is 270 g/mol. The Labute approximate surface area is 115 Å². The number of methoxy groups -OCH3 is 1. The Balaban J connectivity index is 1.76. The van der Waals surface area contributed by atoms with Crippen molar-refractivity contribution < 1.29 is 9.47 Å². The molecule has 2 heterocycles. The van der Waals surface area contributed by atoms with Gasteiger partial charge >= 0.3 is 0 Å². The van der Waals surface area contributed by atoms with E-state index in [1.54, 1.807) is 23.9 Å². The Morgan fingerprint density at radius 2 is 2.05 bits per heavy atom. The third kappa shape index (κ3) is 2.49. The third-order valence-electron chi connectivity index (χ3n) is 2.81. The highest BCUT2D eigenvalue weighted by Crippen LogP contribution is 2.19. The summed E-state index contributed by atoms with van der Waals surface area (Å²) in [6.45, 7) is 0.286. The predicted octanol–water partition coefficient (Wildman–Crippen LogP) is 1.90. The molecule has 0 fully saturated rings. The molecular weight excluding hydrogens is 256 g/mol. The lowest BCUT2D eigenvalue weighted by Crippen LogP contribution is -1.98. The van der Waals surface area contributed by atoms with Gasteiger partial charge in [-0.1, -0.05) is 6.07 Å². The number of nitrogens with zero attached hydrogens (tertiary/aromatic N) is 3. The molecule has 0 saturated heterocycles. The second-order valence-corrected chi connectivity index (χ2v) is 4.26. The maximum absolute atomic E-state index is 5.70. The van der Waals surface area contributed by atoms with Gasteiger partial charge in [-0.05, 0) is 24.3 Å². The van der Waals surface area contributed by atoms with E-state index < -0.39 is 0 Å². The van der Waals surface area contributed by atoms with Crippen molar-refractivity contribution in [3.8, 4) is 11.5 Å². The van der Waals surface area contributed by atoms with Crippen molar-refractivity contribution in [1.82, 2.24) is 14.6 Å². The smallest absolute Gasteiger partial charge is 0.189 e. The molecule has 6 heteroatoms. The standard InChI is InChI=1S/C14H14N4O2/c1-19-11-3-2-4-12(7-11)20-9-13-16-14-6-5-10(15)8-18(14)17-13/h2-8H,9,15H2,1H3. The highest BCUT2D eigenvalue weighted by atomic mass is 16.5. The van der Waals surface area contributed by atoms with Crippen LogP contribution >= 0.6 is 0 Å². The van der Waals surface area contributed by atoms with Gasteiger partial charge in [0.15, 0.2) is 11.5 Å². The lowest BCUT2D eigenvalue weighted by molar-refractivity contribution is 0.294. The molecule has 0 amide bonds. The van der Waals surface area contributed by atoms with Gasteiger partial charge in [0.05, 0.1) is 19.0 Å². The van der Waals surface area contributed by atoms with Gasteiger partial charge in [-0.3, -0.25) is 0 Å². The Bertz CT molecular complexity index is 739. The largest absolute Gasteiger partial charge is 0.497 e. The van der Waals surface area contributed by atoms with Crippen LogP contribution in [-0.4, -0.2) is 21.7 Å². The second kappa shape index (κ2) is 5.08. The Morgan fingerprint density at radius 1 is 1.20 bits per heavy atom. The maximum Gasteiger partial charge on any atom is 0.189 e. The molecule has 0 atom stereocenters. The molecule has 0 unspecified atom stereocenters. The summed E-state index contributed by atoms with van der Waals surface area (Å²) in [6.07, 6.45) is 1.72. The van der Waals surface area contributed by atoms with Crippen molar-refractivity contribution in [2.24, 2.45) is 0 Å². The highest BCUT2D eigenvalue weighted by molar-refractivity contribution is 5.46. The highest BCUT2D eigenvalue weighted by Gasteiger charge is 2.05. The van der Waals surface area contributed by atoms with Crippen LogP contribution in [0.4, 0.5) is 5.69 Å². The first kappa shape index (κ1) is 12.3. The molecule has 0 aliphatic rings. The minimum absolute atomic E-state index is 0.286. The van der Waals surface area contributed by atoms with E-state index in [0.717, 1.165) is 11.4 Å². The number of hydrogen-bond donors (Lipinski definition) is 1. The fourth-order valence-electron chi connectivity index (χ4n) is 1.85. The topological polar surface area (TPSA) is 74.7 Å². The van der Waals surface area contributed by atoms with E-state index in [1.807, 2.05) is 30.3 Å². The van der Waals surface area contributed by atoms with E-state index in [4.69, 9.17) is 15.2 Å². The summed E-state index contributed by atoms with van der Waals surface area (Å²) in [7, 11) is 1.62. The van der Waals surface area contributed by atoms with Crippen molar-refractivity contribution >= 4 is 11.3 Å². The number of fused-ring (bicyclic) bond motifs is 1. The SMILES string of the molecule is COc1cccc(OCc2nc3ccc(N)cn3n2)c1. The summed E-state index contributed by atoms with van der Waals surface area (Å²) in [6, 6.07) is 11.0. The molecule has 0 bridgehead atoms. The predicted molar refractivity (Wildman–Crippen MR) is 74.7 cm³/mol. The van der Waals surface area contributed by atoms with Gasteiger partial charge in [-0.25, -0.2) is 9.50 Å². The summed E-state index contributed by atoms with van der Waals surface area (Å²) in [5, 5.41) is 4.30. The minimum Gasteiger partial charge on any atom is -0.497 e. The maximum atomic E-state index is 5.70. The molecule has 2 N–H and O–H groups in total. The molecule has 6 nitrogen and oxygen atoms in total. The molecule has 1 aromatic carbocycles. The van der Waals surface area contributed by atoms with Gasteiger partial charge in [0.2, 0.25) is 0 Å². The lowest BCUT2D eigenvalue weighted by Gasteiger charge is -2.05. The zero-order chi connectivity index (χ0) is 13.9. The van der Waals surface area contributed by atoms with Gasteiger partial charge in [-0.15, -0.1) is 5.10 Å². The first-order chi connectivity index (χ1) is 9.74. The zero-order valence-electron chi connectivity index (χ0n) is 11.0. The quantitative estimate of drug-likeness (QED) is 0.783. The van der Waals surface area contributed by atoms with Gasteiger partial charge in [0, 0.05) is 6.07 Å². The van der Waals surface area contributed by atoms with Crippen molar-refractivity contribution in [3.05, 3.63) is 48.4 Å². The fourth-order valence-corrected chi connectivity index (χ4v) is 1.85. The molecule has 102 valence electrons. The van der Waals surface area contributed by atoms with Gasteiger partial charge in [0.1, 0.15) is 18.1 Å². The van der Waals surface area contributed by atoms with E-state index >= 15 is 0 Å². The third-order valence-corrected chi connectivity index (χ3v) is 2.81. The molecule has 2 aromatic heterocycles. The number of ether oxygens (including phenoxy) is 2. The first-order valence-corrected chi connectivity index (χ1v) is 6.12. The average Bonchev–Trinajstić information content (AvgIpc) is 2.87. The fraction of sp³-hybridized carbons (Fsp3) is 0.143. The number of nitrogens with two attached hydrogens (primary N) is 1. The van der Waals surface area contributed by atoms with Crippen molar-refractivity contribution in [3.63, 3.8) is 0 Å². The monoisotopic (exact) mass is 270 g/mol. The van der Waals surface area contributed by atoms with Crippen LogP contribution in [0.15, 0.2) is 42.6 Å². The van der Waals surface area contributed by atoms with Gasteiger partial charge < -0.3 is 15.2 Å². The number of benzene rings is 1. The second-order valence-electron chi connectivity index (χ2n) is 4.26. The molecule has 0 aliphatic carbocycles. The van der Waals surface area contributed by atoms with E-state index in [2.05, 4.69) is 10.1 Å². The molecular formula is C14H14N4O2. The molecule has 3 rings (SSSR count). The summed E-state index contributed by atoms with van der Waals surface area (Å²) >= 11 is 0. The number of aromatic nitrogens is 3. The van der Waals surface area contributed by atoms with Crippen LogP contribution in [0, 0.1) is 0 Å². The molecule has 0 radical (unpaired) electrons. The van der Waals surface area contributed by atoms with Gasteiger partial charge in [-0.2, -0.15) is 0 Å². The van der Waals surface area contributed by atoms with E-state index in [0.29, 0.717) is 17.3 Å². The number of hydrogen-bond acceptors (Lipinski definition) is 5. The zero-order valence-corrected chi connectivity index (χ0v) is 11.0. The number of pyridine rings is 1. The van der Waals surface area contributed by atoms with Crippen LogP contribution in [0.1, 0.15) is 5.82 Å². The van der Waals surface area contributed by atoms with E-state index in [-0.39, 0.29) is 6.61 Å². The Kier molecular flexibility index (Phi) is 3.12. The van der Waals surface area contributed by atoms with E-state index in [1.165, 1.54) is 0 Å². The van der Waals surface area contributed by atoms with Crippen LogP contribution in [0.25, 0.3) is 5.65 Å². The van der Waals surface area contributed by atoms with Crippen LogP contribution in [0.2, 0.25) is 0 Å². The number of anilines is 1. The van der Waals surface area contributed by atoms with Crippen molar-refractivity contribution in [2.45, 2.75) is 6.61 Å². The lowest BCUT2D eigenvalue weighted by atomic mass is 10.3. The summed E-state index contributed by atoms with van der Waals surface area (Å²) < 4.78 is 12.4. The summed E-state index contributed by atoms with van der Waals surface area (Å²) in [5.41, 5.74) is 7.08. The molecule has 20 heavy (non-hydrogen) atoms. The van der Waals surface area contributed by atoms with Crippen LogP contribution in [0.5, 0.6) is 11.5 Å². The van der Waals surface area contributed by atoms with Gasteiger partial charge in [0.25, 0.3) is 0 Å². The van der Waals surface area contributed by atoms with Crippen LogP contribution < -0.4 is 15.2 Å². The summed E-state index contributed by atoms with van der Waals surface area (Å²) in [5.74, 6) is 2.05. The van der Waals surface area contributed by atoms with E-state index in [9.17, 15) is 0 Å². The normalized spacial score (nSPS) is 10.7. The van der Waals surface area contributed by atoms with Crippen molar-refractivity contribution in [1.29, 1.82) is 0 Å². The Hall–Kier alpha value is -2.76. The van der Waals surface area contributed by atoms with Crippen molar-refractivity contribution in [2.75, 3.05) is 12.8 Å². The minimum atomic E-state index is 0.286. The molecule has 0 spiro atoms. The Morgan fingerprint density at radius 3 is 2.90 bits per heavy atom. The first-order valence-electron chi connectivity index (χ1n) is 6.12. The van der Waals surface area contributed by atoms with Crippen LogP contribution in [-0.2, 0) is 6.61 Å².